The molecule has 0 amide bonds. The second kappa shape index (κ2) is 8.46. The highest BCUT2D eigenvalue weighted by molar-refractivity contribution is 7.93. The Kier molecular flexibility index (Phi) is 5.96. The highest BCUT2D eigenvalue weighted by Gasteiger charge is 2.35. The molecular formula is C24H19F4NO2S2. The number of rotatable bonds is 5. The molecule has 0 spiro atoms. The van der Waals surface area contributed by atoms with E-state index in [2.05, 4.69) is 0 Å². The topological polar surface area (TPSA) is 37.4 Å². The summed E-state index contributed by atoms with van der Waals surface area (Å²) in [5.74, 6) is -1.41. The number of hydrogen-bond acceptors (Lipinski definition) is 3. The first kappa shape index (κ1) is 23.3. The Balaban J connectivity index is 1.88. The van der Waals surface area contributed by atoms with E-state index in [1.54, 1.807) is 19.1 Å². The van der Waals surface area contributed by atoms with Crippen LogP contribution >= 0.6 is 11.3 Å². The van der Waals surface area contributed by atoms with Gasteiger partial charge in [-0.1, -0.05) is 42.0 Å². The largest absolute Gasteiger partial charge is 0.419 e. The summed E-state index contributed by atoms with van der Waals surface area (Å²) in [6.45, 7) is 3.21. The van der Waals surface area contributed by atoms with Gasteiger partial charge in [0.1, 0.15) is 10.8 Å². The van der Waals surface area contributed by atoms with Gasteiger partial charge in [-0.3, -0.25) is 4.31 Å². The Labute approximate surface area is 193 Å². The number of halogens is 4. The van der Waals surface area contributed by atoms with Gasteiger partial charge in [-0.05, 0) is 60.7 Å². The van der Waals surface area contributed by atoms with Crippen molar-refractivity contribution >= 4 is 36.4 Å². The number of fused-ring (bicyclic) bond motifs is 1. The molecule has 9 heteroatoms. The first-order valence-electron chi connectivity index (χ1n) is 9.91. The van der Waals surface area contributed by atoms with Crippen LogP contribution in [0, 0.1) is 19.7 Å². The second-order valence-electron chi connectivity index (χ2n) is 7.67. The zero-order valence-corrected chi connectivity index (χ0v) is 19.3. The Morgan fingerprint density at radius 3 is 2.24 bits per heavy atom. The molecule has 0 aliphatic carbocycles. The molecule has 0 fully saturated rings. The summed E-state index contributed by atoms with van der Waals surface area (Å²) < 4.78 is 82.9. The summed E-state index contributed by atoms with van der Waals surface area (Å²) in [7, 11) is -4.13. The molecule has 0 unspecified atom stereocenters. The lowest BCUT2D eigenvalue weighted by Crippen LogP contribution is -2.30. The third-order valence-corrected chi connectivity index (χ3v) is 8.49. The third-order valence-electron chi connectivity index (χ3n) is 5.32. The molecule has 0 aliphatic heterocycles. The predicted octanol–water partition coefficient (Wildman–Crippen LogP) is 7.07. The van der Waals surface area contributed by atoms with Crippen LogP contribution < -0.4 is 4.31 Å². The molecule has 0 bridgehead atoms. The van der Waals surface area contributed by atoms with Crippen molar-refractivity contribution in [3.63, 3.8) is 0 Å². The SMILES string of the molecule is Cc1ccc(S(=O)(=O)N(Cc2ccc([18F])c(C(F)(F)F)c2)c2sc3ccccc3c2C)cc1. The average Bonchev–Trinajstić information content (AvgIpc) is 3.09. The molecule has 1 aromatic heterocycles. The van der Waals surface area contributed by atoms with Crippen LogP contribution in [0.4, 0.5) is 22.6 Å². The average molecular weight is 493 g/mol. The Morgan fingerprint density at radius 2 is 1.61 bits per heavy atom. The number of nitrogens with zero attached hydrogens (tertiary/aromatic N) is 1. The first-order valence-corrected chi connectivity index (χ1v) is 12.2. The summed E-state index contributed by atoms with van der Waals surface area (Å²) in [5, 5.41) is 1.26. The van der Waals surface area contributed by atoms with E-state index in [1.807, 2.05) is 31.2 Å². The van der Waals surface area contributed by atoms with Crippen molar-refractivity contribution in [1.29, 1.82) is 0 Å². The van der Waals surface area contributed by atoms with E-state index >= 15 is 0 Å². The highest BCUT2D eigenvalue weighted by Crippen LogP contribution is 2.41. The standard InChI is InChI=1S/C24H19F4NO2S2/c1-15-7-10-18(11-8-15)33(30,31)29(23-16(2)19-5-3-4-6-22(19)32-23)14-17-9-12-21(25)20(13-17)24(26,27)28/h3-13H,14H2,1-2H3/i25-1. The predicted molar refractivity (Wildman–Crippen MR) is 123 cm³/mol. The monoisotopic (exact) mass is 492 g/mol. The minimum atomic E-state index is -4.89. The molecule has 3 nitrogen and oxygen atoms in total. The fourth-order valence-corrected chi connectivity index (χ4v) is 6.49. The lowest BCUT2D eigenvalue weighted by atomic mass is 10.1. The molecule has 0 saturated heterocycles. The lowest BCUT2D eigenvalue weighted by molar-refractivity contribution is -0.140. The van der Waals surface area contributed by atoms with Crippen LogP contribution in [0.25, 0.3) is 10.1 Å². The first-order chi connectivity index (χ1) is 15.5. The van der Waals surface area contributed by atoms with Crippen molar-refractivity contribution in [3.05, 3.63) is 94.8 Å². The van der Waals surface area contributed by atoms with E-state index in [4.69, 9.17) is 0 Å². The van der Waals surface area contributed by atoms with Gasteiger partial charge in [0.2, 0.25) is 0 Å². The van der Waals surface area contributed by atoms with Crippen LogP contribution in [0.1, 0.15) is 22.3 Å². The number of alkyl halides is 3. The minimum absolute atomic E-state index is 0.0168. The molecule has 4 aromatic rings. The molecule has 3 aromatic carbocycles. The van der Waals surface area contributed by atoms with Crippen molar-refractivity contribution in [2.24, 2.45) is 0 Å². The van der Waals surface area contributed by atoms with E-state index in [0.29, 0.717) is 22.7 Å². The third kappa shape index (κ3) is 4.47. The molecule has 0 aliphatic rings. The fourth-order valence-electron chi connectivity index (χ4n) is 3.56. The minimum Gasteiger partial charge on any atom is -0.252 e. The zero-order chi connectivity index (χ0) is 24.0. The molecule has 1 heterocycles. The summed E-state index contributed by atoms with van der Waals surface area (Å²) in [5.41, 5.74) is 0.161. The lowest BCUT2D eigenvalue weighted by Gasteiger charge is -2.24. The summed E-state index contributed by atoms with van der Waals surface area (Å²) in [4.78, 5) is 0.0168. The van der Waals surface area contributed by atoms with Crippen molar-refractivity contribution in [1.82, 2.24) is 0 Å². The van der Waals surface area contributed by atoms with E-state index in [9.17, 15) is 26.0 Å². The molecule has 172 valence electrons. The molecule has 0 atom stereocenters. The second-order valence-corrected chi connectivity index (χ2v) is 10.6. The molecule has 33 heavy (non-hydrogen) atoms. The number of hydrogen-bond donors (Lipinski definition) is 0. The molecule has 0 saturated carbocycles. The van der Waals surface area contributed by atoms with E-state index in [1.165, 1.54) is 29.5 Å². The maximum absolute atomic E-state index is 13.8. The van der Waals surface area contributed by atoms with Gasteiger partial charge >= 0.3 is 6.18 Å². The van der Waals surface area contributed by atoms with Crippen LogP contribution in [-0.2, 0) is 22.7 Å². The van der Waals surface area contributed by atoms with Gasteiger partial charge in [0, 0.05) is 4.70 Å². The van der Waals surface area contributed by atoms with E-state index < -0.39 is 27.6 Å². The van der Waals surface area contributed by atoms with Gasteiger partial charge in [0.05, 0.1) is 17.0 Å². The van der Waals surface area contributed by atoms with Gasteiger partial charge < -0.3 is 0 Å². The molecular weight excluding hydrogens is 473 g/mol. The number of aryl methyl sites for hydroxylation is 2. The number of thiophene rings is 1. The van der Waals surface area contributed by atoms with Gasteiger partial charge in [-0.15, -0.1) is 11.3 Å². The van der Waals surface area contributed by atoms with Crippen molar-refractivity contribution in [3.8, 4) is 0 Å². The maximum Gasteiger partial charge on any atom is 0.419 e. The van der Waals surface area contributed by atoms with Crippen LogP contribution in [0.3, 0.4) is 0 Å². The van der Waals surface area contributed by atoms with Crippen LogP contribution in [0.15, 0.2) is 71.6 Å². The van der Waals surface area contributed by atoms with Crippen molar-refractivity contribution in [2.45, 2.75) is 31.5 Å². The summed E-state index contributed by atoms with van der Waals surface area (Å²) >= 11 is 1.24. The Bertz CT molecular complexity index is 1430. The van der Waals surface area contributed by atoms with E-state index in [0.717, 1.165) is 20.0 Å². The number of sulfonamides is 1. The smallest absolute Gasteiger partial charge is 0.252 e. The maximum atomic E-state index is 13.8. The summed E-state index contributed by atoms with van der Waals surface area (Å²) in [6.07, 6.45) is -4.89. The van der Waals surface area contributed by atoms with Gasteiger partial charge in [-0.25, -0.2) is 12.8 Å². The summed E-state index contributed by atoms with van der Waals surface area (Å²) in [6, 6.07) is 16.2. The van der Waals surface area contributed by atoms with Crippen LogP contribution in [0.5, 0.6) is 0 Å². The number of anilines is 1. The van der Waals surface area contributed by atoms with Crippen molar-refractivity contribution < 1.29 is 26.0 Å². The van der Waals surface area contributed by atoms with Crippen LogP contribution in [-0.4, -0.2) is 8.42 Å². The van der Waals surface area contributed by atoms with Crippen LogP contribution in [0.2, 0.25) is 0 Å². The van der Waals surface area contributed by atoms with Gasteiger partial charge in [0.25, 0.3) is 10.0 Å². The normalized spacial score (nSPS) is 12.3. The molecule has 0 radical (unpaired) electrons. The Morgan fingerprint density at radius 1 is 0.939 bits per heavy atom. The Hall–Kier alpha value is -2.91. The number of benzene rings is 3. The van der Waals surface area contributed by atoms with E-state index in [-0.39, 0.29) is 17.0 Å². The van der Waals surface area contributed by atoms with Gasteiger partial charge in [0.15, 0.2) is 0 Å². The highest BCUT2D eigenvalue weighted by atomic mass is 32.2. The zero-order valence-electron chi connectivity index (χ0n) is 17.7. The quantitative estimate of drug-likeness (QED) is 0.280. The van der Waals surface area contributed by atoms with Crippen molar-refractivity contribution in [2.75, 3.05) is 4.31 Å². The molecule has 0 N–H and O–H groups in total. The van der Waals surface area contributed by atoms with Gasteiger partial charge in [-0.2, -0.15) is 13.2 Å². The fraction of sp³-hybridized carbons (Fsp3) is 0.167. The molecule has 4 rings (SSSR count).